The first-order chi connectivity index (χ1) is 7.44. The molecule has 0 aliphatic carbocycles. The first-order valence-corrected chi connectivity index (χ1v) is 5.70. The number of hydrogen-bond donors (Lipinski definition) is 1. The third kappa shape index (κ3) is 3.96. The van der Waals surface area contributed by atoms with Crippen LogP contribution < -0.4 is 5.32 Å². The van der Waals surface area contributed by atoms with Crippen LogP contribution in [0.25, 0.3) is 0 Å². The number of ether oxygens (including phenoxy) is 1. The summed E-state index contributed by atoms with van der Waals surface area (Å²) in [7, 11) is 0. The molecule has 0 saturated carbocycles. The number of alkyl halides is 1. The summed E-state index contributed by atoms with van der Waals surface area (Å²) in [6.07, 6.45) is 0.217. The minimum absolute atomic E-state index is 0.357. The normalized spacial score (nSPS) is 22.8. The first-order valence-electron chi connectivity index (χ1n) is 5.70. The van der Waals surface area contributed by atoms with Gasteiger partial charge >= 0.3 is 6.09 Å². The van der Waals surface area contributed by atoms with Gasteiger partial charge < -0.3 is 15.0 Å². The molecule has 0 aromatic rings. The fourth-order valence-corrected chi connectivity index (χ4v) is 1.65. The van der Waals surface area contributed by atoms with Crippen molar-refractivity contribution in [3.8, 4) is 0 Å². The molecular formula is C11H21FN2O2. The zero-order chi connectivity index (χ0) is 12.2. The van der Waals surface area contributed by atoms with Gasteiger partial charge in [0, 0.05) is 13.1 Å². The second-order valence-corrected chi connectivity index (χ2v) is 5.02. The van der Waals surface area contributed by atoms with Crippen molar-refractivity contribution in [1.29, 1.82) is 0 Å². The maximum absolute atomic E-state index is 12.8. The number of amides is 1. The number of rotatable bonds is 1. The molecule has 1 amide bonds. The zero-order valence-electron chi connectivity index (χ0n) is 10.3. The summed E-state index contributed by atoms with van der Waals surface area (Å²) in [5.74, 6) is 0. The van der Waals surface area contributed by atoms with E-state index in [1.165, 1.54) is 4.90 Å². The van der Waals surface area contributed by atoms with Crippen LogP contribution in [-0.4, -0.2) is 48.9 Å². The van der Waals surface area contributed by atoms with Gasteiger partial charge in [-0.15, -0.1) is 0 Å². The number of carbonyl (C=O) groups excluding carboxylic acids is 1. The molecule has 4 nitrogen and oxygen atoms in total. The number of hydrogen-bond acceptors (Lipinski definition) is 3. The first kappa shape index (κ1) is 13.2. The van der Waals surface area contributed by atoms with E-state index in [-0.39, 0.29) is 6.04 Å². The van der Waals surface area contributed by atoms with Crippen molar-refractivity contribution < 1.29 is 13.9 Å². The van der Waals surface area contributed by atoms with Gasteiger partial charge in [-0.05, 0) is 33.7 Å². The van der Waals surface area contributed by atoms with Crippen molar-refractivity contribution in [2.75, 3.05) is 26.3 Å². The van der Waals surface area contributed by atoms with Crippen LogP contribution in [0.2, 0.25) is 0 Å². The summed E-state index contributed by atoms with van der Waals surface area (Å²) in [4.78, 5) is 13.3. The van der Waals surface area contributed by atoms with E-state index in [0.717, 1.165) is 6.54 Å². The minimum atomic E-state index is -0.530. The van der Waals surface area contributed by atoms with Crippen LogP contribution in [0, 0.1) is 0 Å². The third-order valence-electron chi connectivity index (χ3n) is 2.43. The highest BCUT2D eigenvalue weighted by Crippen LogP contribution is 2.14. The molecule has 1 aliphatic rings. The lowest BCUT2D eigenvalue weighted by molar-refractivity contribution is 0.0150. The summed E-state index contributed by atoms with van der Waals surface area (Å²) < 4.78 is 18.1. The van der Waals surface area contributed by atoms with Gasteiger partial charge in [0.15, 0.2) is 0 Å². The smallest absolute Gasteiger partial charge is 0.410 e. The molecular weight excluding hydrogens is 211 g/mol. The van der Waals surface area contributed by atoms with E-state index >= 15 is 0 Å². The molecule has 1 fully saturated rings. The highest BCUT2D eigenvalue weighted by molar-refractivity contribution is 5.68. The Morgan fingerprint density at radius 1 is 1.50 bits per heavy atom. The summed E-state index contributed by atoms with van der Waals surface area (Å²) in [6.45, 7) is 6.86. The third-order valence-corrected chi connectivity index (χ3v) is 2.43. The number of nitrogens with zero attached hydrogens (tertiary/aromatic N) is 1. The standard InChI is InChI=1S/C11H21FN2O2/c1-11(2,3)16-10(15)14-7-6-13-5-4-9(14)8-12/h9,13H,4-8H2,1-3H3. The Bertz CT molecular complexity index is 241. The van der Waals surface area contributed by atoms with E-state index in [4.69, 9.17) is 4.74 Å². The van der Waals surface area contributed by atoms with Gasteiger partial charge in [-0.3, -0.25) is 0 Å². The molecule has 0 radical (unpaired) electrons. The lowest BCUT2D eigenvalue weighted by Crippen LogP contribution is -2.45. The molecule has 1 atom stereocenters. The molecule has 1 saturated heterocycles. The van der Waals surface area contributed by atoms with Gasteiger partial charge in [-0.1, -0.05) is 0 Å². The van der Waals surface area contributed by atoms with Crippen molar-refractivity contribution in [3.63, 3.8) is 0 Å². The molecule has 1 aliphatic heterocycles. The second kappa shape index (κ2) is 5.48. The topological polar surface area (TPSA) is 41.6 Å². The molecule has 1 heterocycles. The Hall–Kier alpha value is -0.840. The van der Waals surface area contributed by atoms with Gasteiger partial charge in [-0.2, -0.15) is 0 Å². The van der Waals surface area contributed by atoms with E-state index in [1.54, 1.807) is 0 Å². The Morgan fingerprint density at radius 3 is 2.75 bits per heavy atom. The summed E-state index contributed by atoms with van der Waals surface area (Å²) in [5, 5.41) is 3.14. The lowest BCUT2D eigenvalue weighted by Gasteiger charge is -2.30. The van der Waals surface area contributed by atoms with Crippen molar-refractivity contribution in [2.45, 2.75) is 38.8 Å². The molecule has 0 bridgehead atoms. The second-order valence-electron chi connectivity index (χ2n) is 5.02. The van der Waals surface area contributed by atoms with Crippen LogP contribution >= 0.6 is 0 Å². The number of carbonyl (C=O) groups is 1. The summed E-state index contributed by atoms with van der Waals surface area (Å²) in [5.41, 5.74) is -0.530. The SMILES string of the molecule is CC(C)(C)OC(=O)N1CCNCCC1CF. The van der Waals surface area contributed by atoms with E-state index < -0.39 is 18.4 Å². The van der Waals surface area contributed by atoms with Gasteiger partial charge in [0.2, 0.25) is 0 Å². The van der Waals surface area contributed by atoms with Crippen molar-refractivity contribution >= 4 is 6.09 Å². The molecule has 0 aromatic heterocycles. The van der Waals surface area contributed by atoms with E-state index in [9.17, 15) is 9.18 Å². The van der Waals surface area contributed by atoms with Crippen molar-refractivity contribution in [3.05, 3.63) is 0 Å². The minimum Gasteiger partial charge on any atom is -0.444 e. The molecule has 1 rings (SSSR count). The Labute approximate surface area is 96.1 Å². The van der Waals surface area contributed by atoms with E-state index in [2.05, 4.69) is 5.32 Å². The summed E-state index contributed by atoms with van der Waals surface area (Å²) >= 11 is 0. The van der Waals surface area contributed by atoms with Gasteiger partial charge in [0.05, 0.1) is 6.04 Å². The largest absolute Gasteiger partial charge is 0.444 e. The van der Waals surface area contributed by atoms with Crippen LogP contribution in [0.3, 0.4) is 0 Å². The van der Waals surface area contributed by atoms with Gasteiger partial charge in [0.1, 0.15) is 12.3 Å². The van der Waals surface area contributed by atoms with Gasteiger partial charge in [0.25, 0.3) is 0 Å². The predicted octanol–water partition coefficient (Wildman–Crippen LogP) is 1.55. The van der Waals surface area contributed by atoms with Crippen molar-refractivity contribution in [1.82, 2.24) is 10.2 Å². The Morgan fingerprint density at radius 2 is 2.19 bits per heavy atom. The van der Waals surface area contributed by atoms with Crippen LogP contribution in [0.15, 0.2) is 0 Å². The quantitative estimate of drug-likeness (QED) is 0.746. The molecule has 0 spiro atoms. The molecule has 94 valence electrons. The molecule has 5 heteroatoms. The van der Waals surface area contributed by atoms with Gasteiger partial charge in [-0.25, -0.2) is 9.18 Å². The van der Waals surface area contributed by atoms with Crippen LogP contribution in [-0.2, 0) is 4.74 Å². The fraction of sp³-hybridized carbons (Fsp3) is 0.909. The number of halogens is 1. The highest BCUT2D eigenvalue weighted by atomic mass is 19.1. The number of nitrogens with one attached hydrogen (secondary N) is 1. The highest BCUT2D eigenvalue weighted by Gasteiger charge is 2.29. The lowest BCUT2D eigenvalue weighted by atomic mass is 10.2. The maximum Gasteiger partial charge on any atom is 0.410 e. The Balaban J connectivity index is 2.63. The molecule has 16 heavy (non-hydrogen) atoms. The maximum atomic E-state index is 12.8. The fourth-order valence-electron chi connectivity index (χ4n) is 1.65. The molecule has 0 aromatic carbocycles. The molecule has 1 N–H and O–H groups in total. The average molecular weight is 232 g/mol. The van der Waals surface area contributed by atoms with E-state index in [0.29, 0.717) is 19.5 Å². The predicted molar refractivity (Wildman–Crippen MR) is 60.2 cm³/mol. The zero-order valence-corrected chi connectivity index (χ0v) is 10.3. The average Bonchev–Trinajstić information content (AvgIpc) is 2.39. The monoisotopic (exact) mass is 232 g/mol. The van der Waals surface area contributed by atoms with Crippen LogP contribution in [0.4, 0.5) is 9.18 Å². The van der Waals surface area contributed by atoms with E-state index in [1.807, 2.05) is 20.8 Å². The van der Waals surface area contributed by atoms with Crippen LogP contribution in [0.1, 0.15) is 27.2 Å². The molecule has 1 unspecified atom stereocenters. The Kier molecular flexibility index (Phi) is 4.53. The van der Waals surface area contributed by atoms with Crippen LogP contribution in [0.5, 0.6) is 0 Å². The summed E-state index contributed by atoms with van der Waals surface area (Å²) in [6, 6.07) is -0.357. The van der Waals surface area contributed by atoms with Crippen molar-refractivity contribution in [2.24, 2.45) is 0 Å².